The average Bonchev–Trinajstić information content (AvgIpc) is 3.17. The van der Waals surface area contributed by atoms with Crippen LogP contribution >= 0.6 is 46.3 Å². The van der Waals surface area contributed by atoms with Crippen LogP contribution in [0.2, 0.25) is 10.0 Å². The molecule has 2 aromatic heterocycles. The third-order valence-electron chi connectivity index (χ3n) is 5.85. The van der Waals surface area contributed by atoms with Crippen LogP contribution in [0.1, 0.15) is 23.8 Å². The predicted octanol–water partition coefficient (Wildman–Crippen LogP) is 6.61. The minimum Gasteiger partial charge on any atom is -0.324 e. The molecule has 0 fully saturated rings. The smallest absolute Gasteiger partial charge is 0.267 e. The van der Waals surface area contributed by atoms with Gasteiger partial charge in [-0.1, -0.05) is 60.1 Å². The number of anilines is 1. The number of carbonyl (C=O) groups is 1. The van der Waals surface area contributed by atoms with Crippen LogP contribution in [0.3, 0.4) is 0 Å². The van der Waals surface area contributed by atoms with E-state index >= 15 is 0 Å². The first kappa shape index (κ1) is 23.4. The summed E-state index contributed by atoms with van der Waals surface area (Å²) < 4.78 is 1.63. The van der Waals surface area contributed by atoms with Crippen molar-refractivity contribution < 1.29 is 4.79 Å². The van der Waals surface area contributed by atoms with Crippen molar-refractivity contribution in [1.82, 2.24) is 9.55 Å². The highest BCUT2D eigenvalue weighted by atomic mass is 35.5. The zero-order valence-corrected chi connectivity index (χ0v) is 21.5. The summed E-state index contributed by atoms with van der Waals surface area (Å²) in [4.78, 5) is 33.3. The van der Waals surface area contributed by atoms with Crippen molar-refractivity contribution in [2.24, 2.45) is 5.92 Å². The van der Waals surface area contributed by atoms with E-state index in [0.29, 0.717) is 26.8 Å². The fourth-order valence-corrected chi connectivity index (χ4v) is 6.87. The van der Waals surface area contributed by atoms with Crippen LogP contribution in [0.15, 0.2) is 58.5 Å². The number of carbonyl (C=O) groups excluding carboxylic acids is 1. The molecule has 34 heavy (non-hydrogen) atoms. The van der Waals surface area contributed by atoms with Gasteiger partial charge < -0.3 is 5.32 Å². The van der Waals surface area contributed by atoms with Crippen molar-refractivity contribution in [2.45, 2.75) is 31.3 Å². The van der Waals surface area contributed by atoms with Gasteiger partial charge in [-0.2, -0.15) is 0 Å². The van der Waals surface area contributed by atoms with Crippen LogP contribution in [0.5, 0.6) is 0 Å². The van der Waals surface area contributed by atoms with Crippen molar-refractivity contribution in [3.8, 4) is 5.69 Å². The van der Waals surface area contributed by atoms with Gasteiger partial charge in [0.1, 0.15) is 4.83 Å². The number of benzene rings is 2. The molecule has 5 nitrogen and oxygen atoms in total. The molecule has 9 heteroatoms. The lowest BCUT2D eigenvalue weighted by molar-refractivity contribution is -0.113. The molecule has 174 valence electrons. The molecule has 1 N–H and O–H groups in total. The lowest BCUT2D eigenvalue weighted by Crippen LogP contribution is -2.23. The Morgan fingerprint density at radius 2 is 2.03 bits per heavy atom. The molecule has 1 amide bonds. The highest BCUT2D eigenvalue weighted by molar-refractivity contribution is 7.99. The number of halogens is 2. The largest absolute Gasteiger partial charge is 0.324 e. The maximum absolute atomic E-state index is 13.8. The van der Waals surface area contributed by atoms with E-state index in [1.807, 2.05) is 30.3 Å². The Balaban J connectivity index is 1.50. The molecular formula is C25H21Cl2N3O2S2. The summed E-state index contributed by atoms with van der Waals surface area (Å²) in [5.41, 5.74) is 2.29. The van der Waals surface area contributed by atoms with Crippen LogP contribution in [0.25, 0.3) is 15.9 Å². The van der Waals surface area contributed by atoms with Crippen LogP contribution in [0, 0.1) is 5.92 Å². The molecule has 1 aliphatic carbocycles. The molecule has 0 bridgehead atoms. The predicted molar refractivity (Wildman–Crippen MR) is 142 cm³/mol. The number of thioether (sulfide) groups is 1. The summed E-state index contributed by atoms with van der Waals surface area (Å²) >= 11 is 15.0. The van der Waals surface area contributed by atoms with Crippen molar-refractivity contribution in [1.29, 1.82) is 0 Å². The zero-order valence-electron chi connectivity index (χ0n) is 18.3. The Kier molecular flexibility index (Phi) is 6.71. The fourth-order valence-electron chi connectivity index (χ4n) is 4.18. The van der Waals surface area contributed by atoms with Gasteiger partial charge in [0.05, 0.1) is 27.5 Å². The molecule has 1 unspecified atom stereocenters. The number of thiophene rings is 1. The Labute approximate surface area is 215 Å². The van der Waals surface area contributed by atoms with Crippen LogP contribution in [-0.2, 0) is 17.6 Å². The number of amides is 1. The van der Waals surface area contributed by atoms with Gasteiger partial charge >= 0.3 is 0 Å². The molecule has 0 radical (unpaired) electrons. The van der Waals surface area contributed by atoms with E-state index in [1.165, 1.54) is 16.6 Å². The standard InChI is InChI=1S/C25H21Cl2N3O2S2/c1-14-7-9-17-20(11-14)34-23-22(17)24(32)30(16-5-3-2-4-6-16)25(29-23)33-13-21(31)28-19-10-8-15(26)12-18(19)27/h2-6,8,10,12,14H,7,9,11,13H2,1H3,(H,28,31). The maximum atomic E-state index is 13.8. The molecule has 0 spiro atoms. The first-order valence-electron chi connectivity index (χ1n) is 10.9. The van der Waals surface area contributed by atoms with E-state index in [1.54, 1.807) is 34.1 Å². The van der Waals surface area contributed by atoms with Crippen LogP contribution < -0.4 is 10.9 Å². The Morgan fingerprint density at radius 3 is 2.79 bits per heavy atom. The second-order valence-electron chi connectivity index (χ2n) is 8.36. The third kappa shape index (κ3) is 4.62. The lowest BCUT2D eigenvalue weighted by Gasteiger charge is -2.17. The molecule has 4 aromatic rings. The minimum atomic E-state index is -0.248. The third-order valence-corrected chi connectivity index (χ3v) is 8.49. The van der Waals surface area contributed by atoms with Gasteiger partial charge in [0.15, 0.2) is 5.16 Å². The second kappa shape index (κ2) is 9.74. The lowest BCUT2D eigenvalue weighted by atomic mass is 9.89. The number of rotatable bonds is 5. The van der Waals surface area contributed by atoms with Gasteiger partial charge in [-0.25, -0.2) is 4.98 Å². The molecule has 2 aromatic carbocycles. The Morgan fingerprint density at radius 1 is 1.24 bits per heavy atom. The van der Waals surface area contributed by atoms with Gasteiger partial charge in [0.25, 0.3) is 5.56 Å². The van der Waals surface area contributed by atoms with E-state index < -0.39 is 0 Å². The number of para-hydroxylation sites is 1. The second-order valence-corrected chi connectivity index (χ2v) is 11.2. The monoisotopic (exact) mass is 529 g/mol. The highest BCUT2D eigenvalue weighted by Gasteiger charge is 2.25. The van der Waals surface area contributed by atoms with Gasteiger partial charge in [-0.05, 0) is 61.1 Å². The Bertz CT molecular complexity index is 1450. The summed E-state index contributed by atoms with van der Waals surface area (Å²) in [5.74, 6) is 0.433. The van der Waals surface area contributed by atoms with Crippen molar-refractivity contribution in [3.05, 3.63) is 79.4 Å². The molecular weight excluding hydrogens is 509 g/mol. The number of hydrogen-bond acceptors (Lipinski definition) is 5. The zero-order chi connectivity index (χ0) is 23.8. The Hall–Kier alpha value is -2.32. The molecule has 2 heterocycles. The summed E-state index contributed by atoms with van der Waals surface area (Å²) in [6, 6.07) is 14.4. The van der Waals surface area contributed by atoms with Gasteiger partial charge in [-0.3, -0.25) is 14.2 Å². The minimum absolute atomic E-state index is 0.0753. The van der Waals surface area contributed by atoms with Crippen molar-refractivity contribution in [2.75, 3.05) is 11.1 Å². The summed E-state index contributed by atoms with van der Waals surface area (Å²) in [6.45, 7) is 2.25. The van der Waals surface area contributed by atoms with Gasteiger partial charge in [-0.15, -0.1) is 11.3 Å². The van der Waals surface area contributed by atoms with Crippen molar-refractivity contribution >= 4 is 68.1 Å². The quantitative estimate of drug-likeness (QED) is 0.233. The number of aryl methyl sites for hydroxylation is 1. The van der Waals surface area contributed by atoms with Gasteiger partial charge in [0, 0.05) is 9.90 Å². The van der Waals surface area contributed by atoms with E-state index in [-0.39, 0.29) is 17.2 Å². The first-order chi connectivity index (χ1) is 16.4. The molecule has 0 aliphatic heterocycles. The van der Waals surface area contributed by atoms with Crippen LogP contribution in [0.4, 0.5) is 5.69 Å². The summed E-state index contributed by atoms with van der Waals surface area (Å²) in [7, 11) is 0. The van der Waals surface area contributed by atoms with E-state index in [0.717, 1.165) is 40.7 Å². The van der Waals surface area contributed by atoms with Crippen LogP contribution in [-0.4, -0.2) is 21.2 Å². The van der Waals surface area contributed by atoms with E-state index in [4.69, 9.17) is 28.2 Å². The normalized spacial score (nSPS) is 15.3. The topological polar surface area (TPSA) is 64.0 Å². The number of fused-ring (bicyclic) bond motifs is 3. The summed E-state index contributed by atoms with van der Waals surface area (Å²) in [5, 5.41) is 4.87. The molecule has 1 aliphatic rings. The number of nitrogens with one attached hydrogen (secondary N) is 1. The van der Waals surface area contributed by atoms with Crippen molar-refractivity contribution in [3.63, 3.8) is 0 Å². The SMILES string of the molecule is CC1CCc2c(sc3nc(SCC(=O)Nc4ccc(Cl)cc4Cl)n(-c4ccccc4)c(=O)c23)C1. The van der Waals surface area contributed by atoms with E-state index in [2.05, 4.69) is 12.2 Å². The number of hydrogen-bond donors (Lipinski definition) is 1. The molecule has 5 rings (SSSR count). The highest BCUT2D eigenvalue weighted by Crippen LogP contribution is 2.37. The maximum Gasteiger partial charge on any atom is 0.267 e. The first-order valence-corrected chi connectivity index (χ1v) is 13.5. The molecule has 0 saturated heterocycles. The summed E-state index contributed by atoms with van der Waals surface area (Å²) in [6.07, 6.45) is 2.96. The number of nitrogens with zero attached hydrogens (tertiary/aromatic N) is 2. The molecule has 0 saturated carbocycles. The average molecular weight is 531 g/mol. The van der Waals surface area contributed by atoms with E-state index in [9.17, 15) is 9.59 Å². The number of aromatic nitrogens is 2. The fraction of sp³-hybridized carbons (Fsp3) is 0.240. The van der Waals surface area contributed by atoms with Gasteiger partial charge in [0.2, 0.25) is 5.91 Å². The molecule has 1 atom stereocenters.